The maximum absolute atomic E-state index is 15.2. The van der Waals surface area contributed by atoms with E-state index >= 15 is 4.39 Å². The number of carbonyl (C=O) groups is 1. The average Bonchev–Trinajstić information content (AvgIpc) is 2.89. The van der Waals surface area contributed by atoms with Gasteiger partial charge in [-0.05, 0) is 47.5 Å². The zero-order valence-electron chi connectivity index (χ0n) is 19.9. The first kappa shape index (κ1) is 26.0. The lowest BCUT2D eigenvalue weighted by atomic mass is 9.94. The molecule has 4 aromatic rings. The maximum atomic E-state index is 15.2. The normalized spacial score (nSPS) is 15.1. The van der Waals surface area contributed by atoms with Gasteiger partial charge in [-0.15, -0.1) is 0 Å². The van der Waals surface area contributed by atoms with Crippen molar-refractivity contribution in [3.05, 3.63) is 119 Å². The molecule has 1 aliphatic heterocycles. The summed E-state index contributed by atoms with van der Waals surface area (Å²) >= 11 is 0. The smallest absolute Gasteiger partial charge is 0.416 e. The number of hydrogen-bond donors (Lipinski definition) is 1. The molecule has 10 heteroatoms. The van der Waals surface area contributed by atoms with E-state index in [2.05, 4.69) is 4.99 Å². The van der Waals surface area contributed by atoms with E-state index in [1.54, 1.807) is 36.4 Å². The maximum Gasteiger partial charge on any atom is 0.416 e. The third kappa shape index (κ3) is 5.09. The van der Waals surface area contributed by atoms with Crippen LogP contribution in [-0.4, -0.2) is 16.9 Å². The largest absolute Gasteiger partial charge is 0.481 e. The molecule has 0 aliphatic carbocycles. The third-order valence-electron chi connectivity index (χ3n) is 6.36. The van der Waals surface area contributed by atoms with E-state index in [9.17, 15) is 31.9 Å². The van der Waals surface area contributed by atoms with Gasteiger partial charge < -0.3 is 10.0 Å². The van der Waals surface area contributed by atoms with Crippen LogP contribution in [0.3, 0.4) is 0 Å². The summed E-state index contributed by atoms with van der Waals surface area (Å²) < 4.78 is 84.2. The molecule has 0 fully saturated rings. The summed E-state index contributed by atoms with van der Waals surface area (Å²) in [6.45, 7) is 0. The fraction of sp³-hybridized carbons (Fsp3) is 0.103. The van der Waals surface area contributed by atoms with Gasteiger partial charge in [0.05, 0.1) is 23.7 Å². The number of carboxylic acid groups (broad SMARTS) is 1. The predicted octanol–water partition coefficient (Wildman–Crippen LogP) is 7.90. The molecule has 1 atom stereocenters. The predicted molar refractivity (Wildman–Crippen MR) is 133 cm³/mol. The van der Waals surface area contributed by atoms with Crippen LogP contribution >= 0.6 is 0 Å². The van der Waals surface area contributed by atoms with E-state index in [-0.39, 0.29) is 22.6 Å². The van der Waals surface area contributed by atoms with E-state index in [0.717, 1.165) is 11.0 Å². The Kier molecular flexibility index (Phi) is 6.63. The molecular weight excluding hydrogens is 522 g/mol. The summed E-state index contributed by atoms with van der Waals surface area (Å²) in [7, 11) is 0. The molecule has 0 amide bonds. The molecule has 4 nitrogen and oxygen atoms in total. The molecule has 1 unspecified atom stereocenters. The minimum absolute atomic E-state index is 0.0842. The van der Waals surface area contributed by atoms with Crippen molar-refractivity contribution in [3.8, 4) is 11.1 Å². The third-order valence-corrected chi connectivity index (χ3v) is 6.36. The van der Waals surface area contributed by atoms with Crippen molar-refractivity contribution in [2.75, 3.05) is 4.90 Å². The van der Waals surface area contributed by atoms with Gasteiger partial charge in [0.25, 0.3) is 0 Å². The van der Waals surface area contributed by atoms with Crippen molar-refractivity contribution in [1.29, 1.82) is 0 Å². The van der Waals surface area contributed by atoms with Gasteiger partial charge in [0, 0.05) is 11.1 Å². The van der Waals surface area contributed by atoms with Crippen molar-refractivity contribution in [2.24, 2.45) is 4.99 Å². The topological polar surface area (TPSA) is 52.9 Å². The van der Waals surface area contributed by atoms with Gasteiger partial charge in [0.15, 0.2) is 0 Å². The molecule has 0 bridgehead atoms. The molecule has 5 rings (SSSR count). The van der Waals surface area contributed by atoms with Crippen LogP contribution in [0.4, 0.5) is 37.7 Å². The summed E-state index contributed by atoms with van der Waals surface area (Å²) in [5.74, 6) is -3.71. The molecule has 198 valence electrons. The van der Waals surface area contributed by atoms with E-state index in [4.69, 9.17) is 0 Å². The lowest BCUT2D eigenvalue weighted by molar-refractivity contribution is -0.138. The Morgan fingerprint density at radius 3 is 2.05 bits per heavy atom. The lowest BCUT2D eigenvalue weighted by Crippen LogP contribution is -2.40. The first-order valence-corrected chi connectivity index (χ1v) is 11.6. The number of aliphatic imine (C=N–C) groups is 1. The first-order chi connectivity index (χ1) is 18.5. The SMILES string of the molecule is O=C(O)CC1c2cccc(F)c2N=C(c2ccc(-c3ccc(F)cc3)cc2)N1c1cc(C(F)(F)F)ccc1F. The van der Waals surface area contributed by atoms with Crippen LogP contribution < -0.4 is 4.90 Å². The molecule has 1 aliphatic rings. The number of anilines is 1. The second-order valence-electron chi connectivity index (χ2n) is 8.84. The monoisotopic (exact) mass is 540 g/mol. The Morgan fingerprint density at radius 1 is 0.821 bits per heavy atom. The van der Waals surface area contributed by atoms with Crippen LogP contribution in [0.15, 0.2) is 89.9 Å². The molecule has 1 heterocycles. The molecule has 0 aromatic heterocycles. The number of halogens is 6. The molecule has 0 spiro atoms. The fourth-order valence-electron chi connectivity index (χ4n) is 4.55. The van der Waals surface area contributed by atoms with Gasteiger partial charge in [0.2, 0.25) is 0 Å². The van der Waals surface area contributed by atoms with Crippen LogP contribution in [0.2, 0.25) is 0 Å². The number of nitrogens with zero attached hydrogens (tertiary/aromatic N) is 2. The fourth-order valence-corrected chi connectivity index (χ4v) is 4.55. The zero-order chi connectivity index (χ0) is 27.9. The van der Waals surface area contributed by atoms with Crippen molar-refractivity contribution in [2.45, 2.75) is 18.6 Å². The highest BCUT2D eigenvalue weighted by Gasteiger charge is 2.38. The summed E-state index contributed by atoms with van der Waals surface area (Å²) in [4.78, 5) is 17.3. The van der Waals surface area contributed by atoms with Gasteiger partial charge in [-0.25, -0.2) is 18.2 Å². The first-order valence-electron chi connectivity index (χ1n) is 11.6. The molecular formula is C29H18F6N2O2. The molecule has 0 saturated heterocycles. The van der Waals surface area contributed by atoms with Crippen molar-refractivity contribution < 1.29 is 36.2 Å². The summed E-state index contributed by atoms with van der Waals surface area (Å²) in [6, 6.07) is 16.4. The second kappa shape index (κ2) is 9.94. The van der Waals surface area contributed by atoms with E-state index in [1.165, 1.54) is 24.3 Å². The number of para-hydroxylation sites is 1. The quantitative estimate of drug-likeness (QED) is 0.262. The highest BCUT2D eigenvalue weighted by Crippen LogP contribution is 2.44. The van der Waals surface area contributed by atoms with Gasteiger partial charge >= 0.3 is 12.1 Å². The van der Waals surface area contributed by atoms with Gasteiger partial charge in [-0.2, -0.15) is 13.2 Å². The van der Waals surface area contributed by atoms with Crippen LogP contribution in [0.5, 0.6) is 0 Å². The Bertz CT molecular complexity index is 1580. The Balaban J connectivity index is 1.72. The zero-order valence-corrected chi connectivity index (χ0v) is 19.9. The van der Waals surface area contributed by atoms with E-state index < -0.39 is 53.3 Å². The number of benzene rings is 4. The number of amidine groups is 1. The van der Waals surface area contributed by atoms with Crippen molar-refractivity contribution in [1.82, 2.24) is 0 Å². The average molecular weight is 540 g/mol. The number of aliphatic carboxylic acids is 1. The number of alkyl halides is 3. The summed E-state index contributed by atoms with van der Waals surface area (Å²) in [5, 5.41) is 9.66. The number of fused-ring (bicyclic) bond motifs is 1. The van der Waals surface area contributed by atoms with Crippen molar-refractivity contribution in [3.63, 3.8) is 0 Å². The van der Waals surface area contributed by atoms with Crippen LogP contribution in [0.25, 0.3) is 11.1 Å². The van der Waals surface area contributed by atoms with Crippen LogP contribution in [0.1, 0.15) is 29.2 Å². The molecule has 1 N–H and O–H groups in total. The molecule has 39 heavy (non-hydrogen) atoms. The number of carboxylic acids is 1. The van der Waals surface area contributed by atoms with Gasteiger partial charge in [-0.3, -0.25) is 4.79 Å². The minimum Gasteiger partial charge on any atom is -0.481 e. The lowest BCUT2D eigenvalue weighted by Gasteiger charge is -2.38. The Morgan fingerprint density at radius 2 is 1.44 bits per heavy atom. The van der Waals surface area contributed by atoms with Gasteiger partial charge in [0.1, 0.15) is 29.0 Å². The molecule has 0 saturated carbocycles. The second-order valence-corrected chi connectivity index (χ2v) is 8.84. The highest BCUT2D eigenvalue weighted by molar-refractivity contribution is 6.13. The Labute approximate surface area is 218 Å². The summed E-state index contributed by atoms with van der Waals surface area (Å²) in [6.07, 6.45) is -5.49. The number of rotatable bonds is 5. The summed E-state index contributed by atoms with van der Waals surface area (Å²) in [5.41, 5.74) is -0.209. The molecule has 4 aromatic carbocycles. The van der Waals surface area contributed by atoms with Crippen LogP contribution in [0, 0.1) is 17.5 Å². The standard InChI is InChI=1S/C29H18F6N2O2/c30-20-11-8-17(9-12-20)16-4-6-18(7-5-16)28-36-27-21(2-1-3-23(27)32)24(15-26(38)39)37(28)25-14-19(29(33,34)35)10-13-22(25)31/h1-14,24H,15H2,(H,38,39). The van der Waals surface area contributed by atoms with Crippen molar-refractivity contribution >= 4 is 23.2 Å². The van der Waals surface area contributed by atoms with Gasteiger partial charge in [-0.1, -0.05) is 48.5 Å². The van der Waals surface area contributed by atoms with Crippen LogP contribution in [-0.2, 0) is 11.0 Å². The minimum atomic E-state index is -4.81. The highest BCUT2D eigenvalue weighted by atomic mass is 19.4. The number of hydrogen-bond acceptors (Lipinski definition) is 3. The Hall–Kier alpha value is -4.60. The van der Waals surface area contributed by atoms with E-state index in [0.29, 0.717) is 29.3 Å². The molecule has 0 radical (unpaired) electrons. The van der Waals surface area contributed by atoms with E-state index in [1.807, 2.05) is 0 Å².